The van der Waals surface area contributed by atoms with E-state index in [0.29, 0.717) is 0 Å². The molecule has 0 amide bonds. The largest absolute Gasteiger partial charge is 0.0530 e. The zero-order valence-corrected chi connectivity index (χ0v) is 22.7. The maximum Gasteiger partial charge on any atom is -0.0318 e. The highest BCUT2D eigenvalue weighted by atomic mass is 14.7. The Kier molecular flexibility index (Phi) is 5.16. The highest BCUT2D eigenvalue weighted by Gasteiger charge is 2.65. The molecule has 35 heavy (non-hydrogen) atoms. The number of fused-ring (bicyclic) bond motifs is 9. The van der Waals surface area contributed by atoms with Crippen LogP contribution in [0, 0.1) is 94.7 Å². The molecule has 9 fully saturated rings. The van der Waals surface area contributed by atoms with Gasteiger partial charge >= 0.3 is 0 Å². The second-order valence-corrected chi connectivity index (χ2v) is 16.5. The van der Waals surface area contributed by atoms with Crippen LogP contribution in [0.15, 0.2) is 0 Å². The molecule has 0 bridgehead atoms. The van der Waals surface area contributed by atoms with Crippen LogP contribution in [0.3, 0.4) is 0 Å². The fraction of sp³-hybridized carbons (Fsp3) is 1.00. The molecule has 0 N–H and O–H groups in total. The summed E-state index contributed by atoms with van der Waals surface area (Å²) in [6, 6.07) is 0. The standard InChI is InChI=1S/C35H54/c1-3-12-25-21(7-1)16-31-29-18-24-15-23-11-5-9-20-10-6-14-27(33(20)23)28(24)19-32(29)34-26-13-4-2-8-22(26)17-30(25)35(31)34/h20-35H,1-19H2. The Bertz CT molecular complexity index is 811. The quantitative estimate of drug-likeness (QED) is 0.328. The minimum Gasteiger partial charge on any atom is -0.0530 e. The summed E-state index contributed by atoms with van der Waals surface area (Å²) in [6.07, 6.45) is 31.1. The van der Waals surface area contributed by atoms with E-state index in [4.69, 9.17) is 0 Å². The highest BCUT2D eigenvalue weighted by molar-refractivity contribution is 5.14. The molecular formula is C35H54. The third-order valence-electron chi connectivity index (χ3n) is 15.9. The highest BCUT2D eigenvalue weighted by Crippen LogP contribution is 2.72. The summed E-state index contributed by atoms with van der Waals surface area (Å²) in [4.78, 5) is 0. The van der Waals surface area contributed by atoms with E-state index in [1.165, 1.54) is 65.1 Å². The number of hydrogen-bond acceptors (Lipinski definition) is 0. The van der Waals surface area contributed by atoms with Gasteiger partial charge in [-0.15, -0.1) is 0 Å². The molecule has 0 radical (unpaired) electrons. The molecule has 0 saturated heterocycles. The van der Waals surface area contributed by atoms with Crippen LogP contribution in [-0.2, 0) is 0 Å². The van der Waals surface area contributed by atoms with E-state index < -0.39 is 0 Å². The summed E-state index contributed by atoms with van der Waals surface area (Å²) in [5.74, 6) is 18.8. The third-order valence-corrected chi connectivity index (χ3v) is 15.9. The average molecular weight is 475 g/mol. The lowest BCUT2D eigenvalue weighted by atomic mass is 9.47. The van der Waals surface area contributed by atoms with Crippen molar-refractivity contribution in [3.8, 4) is 0 Å². The summed E-state index contributed by atoms with van der Waals surface area (Å²) in [5, 5.41) is 0. The molecule has 16 unspecified atom stereocenters. The van der Waals surface area contributed by atoms with Crippen LogP contribution >= 0.6 is 0 Å². The van der Waals surface area contributed by atoms with Gasteiger partial charge in [-0.1, -0.05) is 70.6 Å². The first-order valence-electron chi connectivity index (χ1n) is 17.3. The van der Waals surface area contributed by atoms with E-state index >= 15 is 0 Å². The van der Waals surface area contributed by atoms with E-state index in [2.05, 4.69) is 0 Å². The molecule has 9 aliphatic carbocycles. The molecule has 9 aliphatic rings. The molecule has 0 aromatic heterocycles. The van der Waals surface area contributed by atoms with Crippen molar-refractivity contribution in [3.63, 3.8) is 0 Å². The molecule has 194 valence electrons. The van der Waals surface area contributed by atoms with E-state index in [0.717, 1.165) is 29.6 Å². The SMILES string of the molecule is C1CCC2C(C1)CC1C3CC4CC5CCCC6CCCC(C4CC3C3C4CCCCC4CC2C13)C65. The number of rotatable bonds is 0. The molecule has 9 rings (SSSR count). The van der Waals surface area contributed by atoms with Crippen molar-refractivity contribution < 1.29 is 0 Å². The first-order chi connectivity index (χ1) is 17.3. The number of hydrogen-bond donors (Lipinski definition) is 0. The van der Waals surface area contributed by atoms with E-state index in [-0.39, 0.29) is 0 Å². The Balaban J connectivity index is 1.08. The lowest BCUT2D eigenvalue weighted by Gasteiger charge is -2.59. The van der Waals surface area contributed by atoms with Crippen LogP contribution in [0.25, 0.3) is 0 Å². The van der Waals surface area contributed by atoms with Gasteiger partial charge in [-0.25, -0.2) is 0 Å². The van der Waals surface area contributed by atoms with Crippen LogP contribution in [0.5, 0.6) is 0 Å². The molecule has 0 heterocycles. The van der Waals surface area contributed by atoms with Crippen LogP contribution in [0.4, 0.5) is 0 Å². The minimum absolute atomic E-state index is 1.15. The van der Waals surface area contributed by atoms with Crippen LogP contribution < -0.4 is 0 Å². The molecular weight excluding hydrogens is 420 g/mol. The normalized spacial score (nSPS) is 62.4. The van der Waals surface area contributed by atoms with Gasteiger partial charge in [-0.3, -0.25) is 0 Å². The van der Waals surface area contributed by atoms with Crippen LogP contribution in [0.2, 0.25) is 0 Å². The van der Waals surface area contributed by atoms with Gasteiger partial charge in [0.1, 0.15) is 0 Å². The van der Waals surface area contributed by atoms with E-state index in [1.807, 2.05) is 0 Å². The van der Waals surface area contributed by atoms with Crippen molar-refractivity contribution in [3.05, 3.63) is 0 Å². The summed E-state index contributed by atoms with van der Waals surface area (Å²) >= 11 is 0. The van der Waals surface area contributed by atoms with Gasteiger partial charge in [-0.2, -0.15) is 0 Å². The maximum absolute atomic E-state index is 1.74. The lowest BCUT2D eigenvalue weighted by Crippen LogP contribution is -2.51. The molecule has 0 heteroatoms. The Morgan fingerprint density at radius 2 is 0.771 bits per heavy atom. The smallest absolute Gasteiger partial charge is 0.0318 e. The Hall–Kier alpha value is 0. The Morgan fingerprint density at radius 1 is 0.229 bits per heavy atom. The fourth-order valence-electron chi connectivity index (χ4n) is 15.4. The topological polar surface area (TPSA) is 0 Å². The van der Waals surface area contributed by atoms with Gasteiger partial charge in [-0.05, 0) is 146 Å². The molecule has 0 aromatic carbocycles. The second-order valence-electron chi connectivity index (χ2n) is 16.5. The van der Waals surface area contributed by atoms with Crippen molar-refractivity contribution in [2.75, 3.05) is 0 Å². The predicted octanol–water partition coefficient (Wildman–Crippen LogP) is 9.38. The van der Waals surface area contributed by atoms with Gasteiger partial charge in [0.05, 0.1) is 0 Å². The molecule has 0 aromatic rings. The molecule has 0 aliphatic heterocycles. The lowest BCUT2D eigenvalue weighted by molar-refractivity contribution is -0.0942. The monoisotopic (exact) mass is 474 g/mol. The van der Waals surface area contributed by atoms with E-state index in [9.17, 15) is 0 Å². The summed E-state index contributed by atoms with van der Waals surface area (Å²) < 4.78 is 0. The summed E-state index contributed by atoms with van der Waals surface area (Å²) in [6.45, 7) is 0. The maximum atomic E-state index is 1.74. The first kappa shape index (κ1) is 21.9. The van der Waals surface area contributed by atoms with Gasteiger partial charge in [0.15, 0.2) is 0 Å². The Morgan fingerprint density at radius 3 is 1.63 bits per heavy atom. The van der Waals surface area contributed by atoms with Gasteiger partial charge in [0, 0.05) is 0 Å². The van der Waals surface area contributed by atoms with Crippen LogP contribution in [0.1, 0.15) is 122 Å². The molecule has 0 nitrogen and oxygen atoms in total. The van der Waals surface area contributed by atoms with Gasteiger partial charge in [0.2, 0.25) is 0 Å². The minimum atomic E-state index is 1.15. The molecule has 0 spiro atoms. The molecule has 9 saturated carbocycles. The predicted molar refractivity (Wildman–Crippen MR) is 144 cm³/mol. The Labute approximate surface area is 216 Å². The third kappa shape index (κ3) is 3.10. The second kappa shape index (κ2) is 8.25. The first-order valence-corrected chi connectivity index (χ1v) is 17.3. The van der Waals surface area contributed by atoms with Crippen molar-refractivity contribution in [1.82, 2.24) is 0 Å². The summed E-state index contributed by atoms with van der Waals surface area (Å²) in [7, 11) is 0. The molecule has 16 atom stereocenters. The zero-order valence-electron chi connectivity index (χ0n) is 22.7. The van der Waals surface area contributed by atoms with Crippen molar-refractivity contribution in [2.24, 2.45) is 94.7 Å². The van der Waals surface area contributed by atoms with E-state index in [1.54, 1.807) is 122 Å². The van der Waals surface area contributed by atoms with Crippen molar-refractivity contribution in [2.45, 2.75) is 122 Å². The van der Waals surface area contributed by atoms with Crippen LogP contribution in [-0.4, -0.2) is 0 Å². The average Bonchev–Trinajstić information content (AvgIpc) is 3.22. The zero-order chi connectivity index (χ0) is 22.7. The van der Waals surface area contributed by atoms with Crippen molar-refractivity contribution in [1.29, 1.82) is 0 Å². The van der Waals surface area contributed by atoms with Gasteiger partial charge in [0.25, 0.3) is 0 Å². The fourth-order valence-corrected chi connectivity index (χ4v) is 15.4. The van der Waals surface area contributed by atoms with Gasteiger partial charge < -0.3 is 0 Å². The summed E-state index contributed by atoms with van der Waals surface area (Å²) in [5.41, 5.74) is 0. The van der Waals surface area contributed by atoms with Crippen molar-refractivity contribution >= 4 is 0 Å².